The zero-order valence-electron chi connectivity index (χ0n) is 14.6. The number of nitrogens with one attached hydrogen (secondary N) is 1. The number of benzene rings is 1. The molecule has 0 unspecified atom stereocenters. The lowest BCUT2D eigenvalue weighted by atomic mass is 9.95. The molecule has 1 aromatic carbocycles. The quantitative estimate of drug-likeness (QED) is 0.512. The van der Waals surface area contributed by atoms with Gasteiger partial charge in [0.25, 0.3) is 0 Å². The molecule has 3 aromatic heterocycles. The molecule has 3 heterocycles. The molecule has 130 valence electrons. The molecule has 1 saturated carbocycles. The van der Waals surface area contributed by atoms with Gasteiger partial charge in [-0.05, 0) is 37.1 Å². The highest BCUT2D eigenvalue weighted by Crippen LogP contribution is 2.32. The second-order valence-electron chi connectivity index (χ2n) is 7.08. The van der Waals surface area contributed by atoms with Crippen molar-refractivity contribution in [3.05, 3.63) is 54.9 Å². The number of fused-ring (bicyclic) bond motifs is 2. The number of hydrogen-bond donors (Lipinski definition) is 1. The van der Waals surface area contributed by atoms with E-state index in [1.54, 1.807) is 0 Å². The maximum absolute atomic E-state index is 6.05. The normalized spacial score (nSPS) is 15.5. The van der Waals surface area contributed by atoms with Gasteiger partial charge in [-0.2, -0.15) is 0 Å². The van der Waals surface area contributed by atoms with Crippen LogP contribution in [0.15, 0.2) is 59.3 Å². The topological polar surface area (TPSA) is 51.0 Å². The molecule has 4 aromatic rings. The lowest BCUT2D eigenvalue weighted by molar-refractivity contribution is 0.462. The monoisotopic (exact) mass is 343 g/mol. The molecule has 5 rings (SSSR count). The Morgan fingerprint density at radius 3 is 2.69 bits per heavy atom. The van der Waals surface area contributed by atoms with Crippen molar-refractivity contribution in [1.29, 1.82) is 0 Å². The number of nitrogens with zero attached hydrogens (tertiary/aromatic N) is 2. The number of rotatable bonds is 3. The third kappa shape index (κ3) is 2.81. The molecule has 0 atom stereocenters. The van der Waals surface area contributed by atoms with E-state index < -0.39 is 0 Å². The van der Waals surface area contributed by atoms with Gasteiger partial charge in [0.2, 0.25) is 0 Å². The highest BCUT2D eigenvalue weighted by molar-refractivity contribution is 5.94. The molecule has 1 fully saturated rings. The first-order valence-electron chi connectivity index (χ1n) is 9.37. The van der Waals surface area contributed by atoms with Crippen molar-refractivity contribution >= 4 is 27.7 Å². The Morgan fingerprint density at radius 1 is 0.923 bits per heavy atom. The van der Waals surface area contributed by atoms with E-state index in [9.17, 15) is 0 Å². The van der Waals surface area contributed by atoms with Crippen LogP contribution in [0.2, 0.25) is 0 Å². The van der Waals surface area contributed by atoms with E-state index >= 15 is 0 Å². The molecule has 0 saturated heterocycles. The molecule has 0 amide bonds. The SMILES string of the molecule is c1ccc2oc(-c3cncc4ccc(NC5CCCCC5)nc34)cc2c1. The number of hydrogen-bond acceptors (Lipinski definition) is 4. The van der Waals surface area contributed by atoms with Crippen LogP contribution >= 0.6 is 0 Å². The van der Waals surface area contributed by atoms with Crippen LogP contribution in [0.1, 0.15) is 32.1 Å². The molecule has 1 aliphatic rings. The lowest BCUT2D eigenvalue weighted by Gasteiger charge is -2.23. The minimum Gasteiger partial charge on any atom is -0.456 e. The summed E-state index contributed by atoms with van der Waals surface area (Å²) in [6.45, 7) is 0. The number of para-hydroxylation sites is 1. The van der Waals surface area contributed by atoms with Crippen LogP contribution in [0.25, 0.3) is 33.2 Å². The van der Waals surface area contributed by atoms with Gasteiger partial charge in [-0.1, -0.05) is 37.5 Å². The van der Waals surface area contributed by atoms with E-state index in [1.807, 2.05) is 30.6 Å². The predicted octanol–water partition coefficient (Wildman–Crippen LogP) is 5.79. The van der Waals surface area contributed by atoms with Crippen LogP contribution in [0.5, 0.6) is 0 Å². The van der Waals surface area contributed by atoms with E-state index in [1.165, 1.54) is 32.1 Å². The summed E-state index contributed by atoms with van der Waals surface area (Å²) >= 11 is 0. The second kappa shape index (κ2) is 6.45. The Kier molecular flexibility index (Phi) is 3.81. The van der Waals surface area contributed by atoms with Gasteiger partial charge in [0.05, 0.1) is 11.1 Å². The van der Waals surface area contributed by atoms with E-state index in [2.05, 4.69) is 34.6 Å². The molecule has 0 bridgehead atoms. The van der Waals surface area contributed by atoms with Crippen LogP contribution in [-0.4, -0.2) is 16.0 Å². The third-order valence-electron chi connectivity index (χ3n) is 5.25. The molecule has 0 radical (unpaired) electrons. The van der Waals surface area contributed by atoms with Crippen molar-refractivity contribution in [3.8, 4) is 11.3 Å². The predicted molar refractivity (Wildman–Crippen MR) is 105 cm³/mol. The Hall–Kier alpha value is -2.88. The fourth-order valence-corrected chi connectivity index (χ4v) is 3.87. The Balaban J connectivity index is 1.57. The summed E-state index contributed by atoms with van der Waals surface area (Å²) in [5, 5.41) is 5.73. The maximum Gasteiger partial charge on any atom is 0.139 e. The van der Waals surface area contributed by atoms with Gasteiger partial charge < -0.3 is 9.73 Å². The zero-order valence-corrected chi connectivity index (χ0v) is 14.6. The smallest absolute Gasteiger partial charge is 0.139 e. The molecular formula is C22H21N3O. The Morgan fingerprint density at radius 2 is 1.81 bits per heavy atom. The summed E-state index contributed by atoms with van der Waals surface area (Å²) in [5.41, 5.74) is 2.75. The molecule has 0 aliphatic heterocycles. The van der Waals surface area contributed by atoms with Crippen molar-refractivity contribution in [1.82, 2.24) is 9.97 Å². The summed E-state index contributed by atoms with van der Waals surface area (Å²) in [4.78, 5) is 9.29. The van der Waals surface area contributed by atoms with Gasteiger partial charge in [-0.15, -0.1) is 0 Å². The summed E-state index contributed by atoms with van der Waals surface area (Å²) in [5.74, 6) is 1.75. The fourth-order valence-electron chi connectivity index (χ4n) is 3.87. The average Bonchev–Trinajstić information content (AvgIpc) is 3.12. The minimum absolute atomic E-state index is 0.533. The van der Waals surface area contributed by atoms with Crippen LogP contribution in [-0.2, 0) is 0 Å². The molecule has 1 aliphatic carbocycles. The minimum atomic E-state index is 0.533. The van der Waals surface area contributed by atoms with Crippen molar-refractivity contribution in [2.45, 2.75) is 38.1 Å². The van der Waals surface area contributed by atoms with Gasteiger partial charge in [-0.3, -0.25) is 4.98 Å². The molecule has 4 nitrogen and oxygen atoms in total. The Labute approximate surface area is 152 Å². The number of anilines is 1. The standard InChI is InChI=1S/C22H21N3O/c1-2-7-17(8-3-1)24-21-11-10-16-13-23-14-18(22(16)25-21)20-12-15-6-4-5-9-19(15)26-20/h4-6,9-14,17H,1-3,7-8H2,(H,24,25). The van der Waals surface area contributed by atoms with Crippen molar-refractivity contribution in [3.63, 3.8) is 0 Å². The summed E-state index contributed by atoms with van der Waals surface area (Å²) in [6.07, 6.45) is 10.1. The molecule has 4 heteroatoms. The molecular weight excluding hydrogens is 322 g/mol. The second-order valence-corrected chi connectivity index (χ2v) is 7.08. The molecule has 1 N–H and O–H groups in total. The average molecular weight is 343 g/mol. The Bertz CT molecular complexity index is 1030. The first kappa shape index (κ1) is 15.4. The summed E-state index contributed by atoms with van der Waals surface area (Å²) in [7, 11) is 0. The number of aromatic nitrogens is 2. The van der Waals surface area contributed by atoms with Crippen molar-refractivity contribution < 1.29 is 4.42 Å². The van der Waals surface area contributed by atoms with Crippen LogP contribution < -0.4 is 5.32 Å². The van der Waals surface area contributed by atoms with E-state index in [0.29, 0.717) is 6.04 Å². The first-order chi connectivity index (χ1) is 12.9. The molecule has 26 heavy (non-hydrogen) atoms. The van der Waals surface area contributed by atoms with Crippen LogP contribution in [0.3, 0.4) is 0 Å². The van der Waals surface area contributed by atoms with Crippen LogP contribution in [0.4, 0.5) is 5.82 Å². The lowest BCUT2D eigenvalue weighted by Crippen LogP contribution is -2.22. The van der Waals surface area contributed by atoms with Crippen molar-refractivity contribution in [2.75, 3.05) is 5.32 Å². The van der Waals surface area contributed by atoms with E-state index in [-0.39, 0.29) is 0 Å². The molecule has 0 spiro atoms. The van der Waals surface area contributed by atoms with Gasteiger partial charge in [0.15, 0.2) is 0 Å². The van der Waals surface area contributed by atoms with Crippen molar-refractivity contribution in [2.24, 2.45) is 0 Å². The van der Waals surface area contributed by atoms with Gasteiger partial charge in [-0.25, -0.2) is 4.98 Å². The third-order valence-corrected chi connectivity index (χ3v) is 5.25. The van der Waals surface area contributed by atoms with E-state index in [4.69, 9.17) is 9.40 Å². The van der Waals surface area contributed by atoms with Gasteiger partial charge >= 0.3 is 0 Å². The van der Waals surface area contributed by atoms with Crippen LogP contribution in [0, 0.1) is 0 Å². The highest BCUT2D eigenvalue weighted by atomic mass is 16.3. The largest absolute Gasteiger partial charge is 0.456 e. The zero-order chi connectivity index (χ0) is 17.3. The summed E-state index contributed by atoms with van der Waals surface area (Å²) < 4.78 is 6.05. The highest BCUT2D eigenvalue weighted by Gasteiger charge is 2.15. The van der Waals surface area contributed by atoms with Gasteiger partial charge in [0, 0.05) is 29.2 Å². The number of pyridine rings is 2. The summed E-state index contributed by atoms with van der Waals surface area (Å²) in [6, 6.07) is 14.8. The fraction of sp³-hybridized carbons (Fsp3) is 0.273. The maximum atomic E-state index is 6.05. The first-order valence-corrected chi connectivity index (χ1v) is 9.37. The van der Waals surface area contributed by atoms with Gasteiger partial charge in [0.1, 0.15) is 17.2 Å². The number of furan rings is 1. The van der Waals surface area contributed by atoms with E-state index in [0.717, 1.165) is 39.0 Å².